The number of carboxylic acids is 1. The third-order valence-corrected chi connectivity index (χ3v) is 3.04. The summed E-state index contributed by atoms with van der Waals surface area (Å²) in [4.78, 5) is 26.5. The summed E-state index contributed by atoms with van der Waals surface area (Å²) in [5, 5.41) is 8.91. The van der Waals surface area contributed by atoms with E-state index in [0.717, 1.165) is 5.69 Å². The minimum absolute atomic E-state index is 0.234. The number of hydrogen-bond acceptors (Lipinski definition) is 3. The van der Waals surface area contributed by atoms with E-state index >= 15 is 0 Å². The second-order valence-electron chi connectivity index (χ2n) is 4.85. The molecule has 106 valence electrons. The molecule has 0 aliphatic carbocycles. The number of carboxylic acid groups (broad SMARTS) is 1. The molecule has 0 saturated heterocycles. The zero-order valence-electron chi connectivity index (χ0n) is 11.9. The molecule has 6 nitrogen and oxygen atoms in total. The van der Waals surface area contributed by atoms with Crippen LogP contribution >= 0.6 is 0 Å². The van der Waals surface area contributed by atoms with Gasteiger partial charge in [-0.15, -0.1) is 0 Å². The van der Waals surface area contributed by atoms with Crippen molar-refractivity contribution in [3.05, 3.63) is 23.5 Å². The summed E-state index contributed by atoms with van der Waals surface area (Å²) in [6, 6.07) is 1.72. The first-order valence-electron chi connectivity index (χ1n) is 6.10. The number of nitrogens with zero attached hydrogens (tertiary/aromatic N) is 3. The van der Waals surface area contributed by atoms with Crippen LogP contribution in [0.5, 0.6) is 0 Å². The summed E-state index contributed by atoms with van der Waals surface area (Å²) in [6.45, 7) is 2.59. The normalized spacial score (nSPS) is 10.8. The fourth-order valence-electron chi connectivity index (χ4n) is 1.74. The van der Waals surface area contributed by atoms with Crippen molar-refractivity contribution < 1.29 is 14.7 Å². The first kappa shape index (κ1) is 15.2. The van der Waals surface area contributed by atoms with Crippen LogP contribution in [0.25, 0.3) is 0 Å². The van der Waals surface area contributed by atoms with Crippen LogP contribution in [-0.2, 0) is 11.8 Å². The first-order chi connectivity index (χ1) is 8.82. The van der Waals surface area contributed by atoms with Gasteiger partial charge in [-0.1, -0.05) is 0 Å². The molecule has 1 rings (SSSR count). The molecule has 1 aromatic rings. The Kier molecular flexibility index (Phi) is 5.11. The van der Waals surface area contributed by atoms with Crippen molar-refractivity contribution in [2.45, 2.75) is 6.92 Å². The largest absolute Gasteiger partial charge is 0.480 e. The predicted molar refractivity (Wildman–Crippen MR) is 72.2 cm³/mol. The van der Waals surface area contributed by atoms with Gasteiger partial charge in [0.1, 0.15) is 6.54 Å². The van der Waals surface area contributed by atoms with E-state index in [-0.39, 0.29) is 12.5 Å². The van der Waals surface area contributed by atoms with Gasteiger partial charge in [0.25, 0.3) is 5.91 Å². The predicted octanol–water partition coefficient (Wildman–Crippen LogP) is 0.422. The van der Waals surface area contributed by atoms with Crippen LogP contribution in [0.15, 0.2) is 12.3 Å². The maximum atomic E-state index is 12.4. The van der Waals surface area contributed by atoms with E-state index in [4.69, 9.17) is 5.11 Å². The molecular weight excluding hydrogens is 246 g/mol. The maximum absolute atomic E-state index is 12.4. The topological polar surface area (TPSA) is 65.8 Å². The maximum Gasteiger partial charge on any atom is 0.323 e. The average molecular weight is 267 g/mol. The van der Waals surface area contributed by atoms with Gasteiger partial charge in [-0.2, -0.15) is 0 Å². The zero-order chi connectivity index (χ0) is 14.6. The van der Waals surface area contributed by atoms with Gasteiger partial charge in [0.2, 0.25) is 0 Å². The van der Waals surface area contributed by atoms with Gasteiger partial charge in [-0.3, -0.25) is 9.59 Å². The lowest BCUT2D eigenvalue weighted by Gasteiger charge is -2.22. The fourth-order valence-corrected chi connectivity index (χ4v) is 1.74. The van der Waals surface area contributed by atoms with Gasteiger partial charge in [0, 0.05) is 32.0 Å². The van der Waals surface area contributed by atoms with E-state index in [1.807, 2.05) is 37.5 Å². The van der Waals surface area contributed by atoms with Crippen LogP contribution in [-0.4, -0.2) is 65.1 Å². The molecule has 0 spiro atoms. The van der Waals surface area contributed by atoms with Gasteiger partial charge in [0.15, 0.2) is 0 Å². The Morgan fingerprint density at radius 1 is 1.32 bits per heavy atom. The highest BCUT2D eigenvalue weighted by molar-refractivity contribution is 5.96. The molecule has 1 N–H and O–H groups in total. The molecule has 6 heteroatoms. The van der Waals surface area contributed by atoms with Crippen molar-refractivity contribution in [2.75, 3.05) is 33.7 Å². The van der Waals surface area contributed by atoms with Crippen molar-refractivity contribution in [3.63, 3.8) is 0 Å². The van der Waals surface area contributed by atoms with Gasteiger partial charge in [0.05, 0.1) is 5.56 Å². The quantitative estimate of drug-likeness (QED) is 0.811. The number of aliphatic carboxylic acids is 1. The molecule has 0 saturated carbocycles. The smallest absolute Gasteiger partial charge is 0.323 e. The van der Waals surface area contributed by atoms with Crippen molar-refractivity contribution in [1.82, 2.24) is 14.4 Å². The molecule has 0 unspecified atom stereocenters. The SMILES string of the molecule is Cc1c(C(=O)N(CCN(C)C)CC(=O)O)ccn1C. The second-order valence-corrected chi connectivity index (χ2v) is 4.85. The monoisotopic (exact) mass is 267 g/mol. The number of carbonyl (C=O) groups is 2. The van der Waals surface area contributed by atoms with E-state index in [2.05, 4.69) is 0 Å². The Hall–Kier alpha value is -1.82. The summed E-state index contributed by atoms with van der Waals surface area (Å²) >= 11 is 0. The van der Waals surface area contributed by atoms with Crippen LogP contribution in [0.4, 0.5) is 0 Å². The Bertz CT molecular complexity index is 466. The minimum Gasteiger partial charge on any atom is -0.480 e. The van der Waals surface area contributed by atoms with Crippen molar-refractivity contribution in [1.29, 1.82) is 0 Å². The Labute approximate surface area is 113 Å². The highest BCUT2D eigenvalue weighted by Gasteiger charge is 2.21. The molecule has 0 aliphatic heterocycles. The van der Waals surface area contributed by atoms with Crippen LogP contribution in [0.3, 0.4) is 0 Å². The van der Waals surface area contributed by atoms with E-state index in [0.29, 0.717) is 18.7 Å². The molecule has 19 heavy (non-hydrogen) atoms. The van der Waals surface area contributed by atoms with Crippen LogP contribution in [0, 0.1) is 6.92 Å². The molecule has 1 heterocycles. The number of hydrogen-bond donors (Lipinski definition) is 1. The Balaban J connectivity index is 2.87. The Morgan fingerprint density at radius 2 is 1.95 bits per heavy atom. The average Bonchev–Trinajstić information content (AvgIpc) is 2.64. The van der Waals surface area contributed by atoms with Crippen molar-refractivity contribution >= 4 is 11.9 Å². The van der Waals surface area contributed by atoms with Crippen molar-refractivity contribution in [3.8, 4) is 0 Å². The third kappa shape index (κ3) is 4.10. The van der Waals surface area contributed by atoms with E-state index in [9.17, 15) is 9.59 Å². The van der Waals surface area contributed by atoms with Crippen LogP contribution in [0.2, 0.25) is 0 Å². The summed E-state index contributed by atoms with van der Waals surface area (Å²) in [6.07, 6.45) is 1.80. The molecule has 0 radical (unpaired) electrons. The first-order valence-corrected chi connectivity index (χ1v) is 6.10. The lowest BCUT2D eigenvalue weighted by molar-refractivity contribution is -0.137. The lowest BCUT2D eigenvalue weighted by atomic mass is 10.2. The summed E-state index contributed by atoms with van der Waals surface area (Å²) in [7, 11) is 5.63. The van der Waals surface area contributed by atoms with Gasteiger partial charge < -0.3 is 19.5 Å². The van der Waals surface area contributed by atoms with Gasteiger partial charge in [-0.05, 0) is 27.1 Å². The Morgan fingerprint density at radius 3 is 2.37 bits per heavy atom. The molecule has 0 aliphatic rings. The lowest BCUT2D eigenvalue weighted by Crippen LogP contribution is -2.40. The zero-order valence-corrected chi connectivity index (χ0v) is 11.9. The standard InChI is InChI=1S/C13H21N3O3/c1-10-11(5-6-15(10)4)13(19)16(9-12(17)18)8-7-14(2)3/h5-6H,7-9H2,1-4H3,(H,17,18). The fraction of sp³-hybridized carbons (Fsp3) is 0.538. The number of carbonyl (C=O) groups excluding carboxylic acids is 1. The number of likely N-dealkylation sites (N-methyl/N-ethyl adjacent to an activating group) is 1. The molecular formula is C13H21N3O3. The number of rotatable bonds is 6. The number of aryl methyl sites for hydroxylation is 1. The van der Waals surface area contributed by atoms with Gasteiger partial charge in [-0.25, -0.2) is 0 Å². The van der Waals surface area contributed by atoms with E-state index < -0.39 is 5.97 Å². The van der Waals surface area contributed by atoms with Gasteiger partial charge >= 0.3 is 5.97 Å². The molecule has 0 fully saturated rings. The highest BCUT2D eigenvalue weighted by atomic mass is 16.4. The number of amides is 1. The molecule has 1 aromatic heterocycles. The summed E-state index contributed by atoms with van der Waals surface area (Å²) in [5.74, 6) is -1.23. The van der Waals surface area contributed by atoms with Crippen molar-refractivity contribution in [2.24, 2.45) is 7.05 Å². The molecule has 1 amide bonds. The second kappa shape index (κ2) is 6.38. The highest BCUT2D eigenvalue weighted by Crippen LogP contribution is 2.11. The summed E-state index contributed by atoms with van der Waals surface area (Å²) < 4.78 is 1.85. The third-order valence-electron chi connectivity index (χ3n) is 3.04. The molecule has 0 bridgehead atoms. The number of aromatic nitrogens is 1. The minimum atomic E-state index is -0.999. The van der Waals surface area contributed by atoms with E-state index in [1.165, 1.54) is 4.90 Å². The van der Waals surface area contributed by atoms with Crippen LogP contribution in [0.1, 0.15) is 16.1 Å². The van der Waals surface area contributed by atoms with E-state index in [1.54, 1.807) is 12.3 Å². The molecule has 0 aromatic carbocycles. The molecule has 0 atom stereocenters. The van der Waals surface area contributed by atoms with Crippen LogP contribution < -0.4 is 0 Å². The summed E-state index contributed by atoms with van der Waals surface area (Å²) in [5.41, 5.74) is 1.40.